The van der Waals surface area contributed by atoms with Crippen molar-refractivity contribution in [2.24, 2.45) is 0 Å². The quantitative estimate of drug-likeness (QED) is 0.875. The summed E-state index contributed by atoms with van der Waals surface area (Å²) in [6.07, 6.45) is -4.82. The van der Waals surface area contributed by atoms with Crippen molar-refractivity contribution >= 4 is 21.8 Å². The molecule has 0 aliphatic carbocycles. The summed E-state index contributed by atoms with van der Waals surface area (Å²) in [5, 5.41) is 1.86. The highest BCUT2D eigenvalue weighted by Gasteiger charge is 2.38. The van der Waals surface area contributed by atoms with Gasteiger partial charge in [-0.1, -0.05) is 48.8 Å². The lowest BCUT2D eigenvalue weighted by Crippen LogP contribution is -2.38. The van der Waals surface area contributed by atoms with Crippen LogP contribution in [0.2, 0.25) is 0 Å². The molecule has 1 aromatic carbocycles. The second-order valence-electron chi connectivity index (χ2n) is 3.66. The Morgan fingerprint density at radius 1 is 1.26 bits per heavy atom. The molecule has 1 atom stereocenters. The minimum atomic E-state index is -4.82. The molecule has 0 aliphatic heterocycles. The SMILES string of the molecule is CC.CC(CNC(=O)C(F)(F)F)c1ccc(Br)cc1. The highest BCUT2D eigenvalue weighted by molar-refractivity contribution is 9.10. The molecule has 1 N–H and O–H groups in total. The average Bonchev–Trinajstić information content (AvgIpc) is 2.37. The summed E-state index contributed by atoms with van der Waals surface area (Å²) < 4.78 is 36.7. The fourth-order valence-electron chi connectivity index (χ4n) is 1.26. The molecule has 0 bridgehead atoms. The van der Waals surface area contributed by atoms with Crippen molar-refractivity contribution < 1.29 is 18.0 Å². The van der Waals surface area contributed by atoms with Gasteiger partial charge >= 0.3 is 12.1 Å². The van der Waals surface area contributed by atoms with Gasteiger partial charge in [0.2, 0.25) is 0 Å². The van der Waals surface area contributed by atoms with E-state index >= 15 is 0 Å². The van der Waals surface area contributed by atoms with Crippen molar-refractivity contribution in [3.05, 3.63) is 34.3 Å². The van der Waals surface area contributed by atoms with Crippen LogP contribution in [0, 0.1) is 0 Å². The zero-order valence-electron chi connectivity index (χ0n) is 11.0. The maximum absolute atomic E-state index is 11.9. The van der Waals surface area contributed by atoms with Gasteiger partial charge in [-0.15, -0.1) is 0 Å². The van der Waals surface area contributed by atoms with Crippen LogP contribution in [0.15, 0.2) is 28.7 Å². The third-order valence-corrected chi connectivity index (χ3v) is 2.79. The van der Waals surface area contributed by atoms with E-state index in [1.807, 2.05) is 19.2 Å². The molecule has 108 valence electrons. The molecule has 0 aromatic heterocycles. The van der Waals surface area contributed by atoms with Crippen LogP contribution in [-0.4, -0.2) is 18.6 Å². The normalized spacial score (nSPS) is 12.2. The van der Waals surface area contributed by atoms with E-state index in [0.717, 1.165) is 10.0 Å². The van der Waals surface area contributed by atoms with Gasteiger partial charge in [0.15, 0.2) is 0 Å². The third-order valence-electron chi connectivity index (χ3n) is 2.27. The van der Waals surface area contributed by atoms with Crippen molar-refractivity contribution in [3.8, 4) is 0 Å². The fourth-order valence-corrected chi connectivity index (χ4v) is 1.52. The summed E-state index contributed by atoms with van der Waals surface area (Å²) in [7, 11) is 0. The van der Waals surface area contributed by atoms with Gasteiger partial charge in [-0.05, 0) is 23.6 Å². The van der Waals surface area contributed by atoms with E-state index in [-0.39, 0.29) is 12.5 Å². The lowest BCUT2D eigenvalue weighted by molar-refractivity contribution is -0.173. The molecule has 1 aromatic rings. The van der Waals surface area contributed by atoms with E-state index in [1.165, 1.54) is 0 Å². The van der Waals surface area contributed by atoms with Crippen LogP contribution in [0.3, 0.4) is 0 Å². The number of benzene rings is 1. The molecule has 19 heavy (non-hydrogen) atoms. The molecule has 0 saturated carbocycles. The number of alkyl halides is 3. The van der Waals surface area contributed by atoms with Crippen molar-refractivity contribution in [2.45, 2.75) is 32.9 Å². The summed E-state index contributed by atoms with van der Waals surface area (Å²) in [5.41, 5.74) is 0.871. The van der Waals surface area contributed by atoms with Gasteiger partial charge in [0.05, 0.1) is 0 Å². The number of carbonyl (C=O) groups excluding carboxylic acids is 1. The first kappa shape index (κ1) is 18.0. The van der Waals surface area contributed by atoms with Crippen LogP contribution in [-0.2, 0) is 4.79 Å². The van der Waals surface area contributed by atoms with Gasteiger partial charge in [0.25, 0.3) is 0 Å². The number of nitrogens with one attached hydrogen (secondary N) is 1. The van der Waals surface area contributed by atoms with Crippen molar-refractivity contribution in [1.29, 1.82) is 0 Å². The zero-order valence-corrected chi connectivity index (χ0v) is 12.6. The smallest absolute Gasteiger partial charge is 0.348 e. The molecule has 0 saturated heterocycles. The van der Waals surface area contributed by atoms with Gasteiger partial charge in [0, 0.05) is 11.0 Å². The predicted molar refractivity (Wildman–Crippen MR) is 73.0 cm³/mol. The molecular formula is C13H17BrF3NO. The first-order valence-electron chi connectivity index (χ1n) is 5.91. The Morgan fingerprint density at radius 2 is 1.74 bits per heavy atom. The second-order valence-corrected chi connectivity index (χ2v) is 4.58. The molecule has 1 rings (SSSR count). The second kappa shape index (κ2) is 8.19. The molecule has 2 nitrogen and oxygen atoms in total. The van der Waals surface area contributed by atoms with Gasteiger partial charge in [-0.3, -0.25) is 4.79 Å². The number of amides is 1. The summed E-state index contributed by atoms with van der Waals surface area (Å²) in [4.78, 5) is 10.6. The number of hydrogen-bond acceptors (Lipinski definition) is 1. The molecular weight excluding hydrogens is 323 g/mol. The van der Waals surface area contributed by atoms with Crippen LogP contribution in [0.4, 0.5) is 13.2 Å². The monoisotopic (exact) mass is 339 g/mol. The molecule has 6 heteroatoms. The number of rotatable bonds is 3. The number of carbonyl (C=O) groups is 1. The van der Waals surface area contributed by atoms with E-state index in [1.54, 1.807) is 31.2 Å². The summed E-state index contributed by atoms with van der Waals surface area (Å²) in [5.74, 6) is -2.07. The Labute approximate surface area is 119 Å². The van der Waals surface area contributed by atoms with E-state index in [9.17, 15) is 18.0 Å². The van der Waals surface area contributed by atoms with E-state index in [2.05, 4.69) is 15.9 Å². The Bertz CT molecular complexity index is 390. The molecule has 0 fully saturated rings. The lowest BCUT2D eigenvalue weighted by Gasteiger charge is -2.14. The van der Waals surface area contributed by atoms with Gasteiger partial charge < -0.3 is 5.32 Å². The van der Waals surface area contributed by atoms with Crippen LogP contribution < -0.4 is 5.32 Å². The van der Waals surface area contributed by atoms with Crippen LogP contribution in [0.1, 0.15) is 32.3 Å². The summed E-state index contributed by atoms with van der Waals surface area (Å²) in [6.45, 7) is 5.71. The highest BCUT2D eigenvalue weighted by Crippen LogP contribution is 2.19. The molecule has 0 radical (unpaired) electrons. The first-order chi connectivity index (χ1) is 8.80. The molecule has 0 spiro atoms. The van der Waals surface area contributed by atoms with E-state index < -0.39 is 12.1 Å². The first-order valence-corrected chi connectivity index (χ1v) is 6.70. The summed E-state index contributed by atoms with van der Waals surface area (Å²) >= 11 is 3.26. The summed E-state index contributed by atoms with van der Waals surface area (Å²) in [6, 6.07) is 7.21. The van der Waals surface area contributed by atoms with Gasteiger partial charge in [-0.2, -0.15) is 13.2 Å². The molecule has 1 amide bonds. The topological polar surface area (TPSA) is 29.1 Å². The Morgan fingerprint density at radius 3 is 2.16 bits per heavy atom. The Hall–Kier alpha value is -1.04. The van der Waals surface area contributed by atoms with Crippen LogP contribution in [0.25, 0.3) is 0 Å². The fraction of sp³-hybridized carbons (Fsp3) is 0.462. The van der Waals surface area contributed by atoms with E-state index in [4.69, 9.17) is 0 Å². The van der Waals surface area contributed by atoms with Crippen molar-refractivity contribution in [1.82, 2.24) is 5.32 Å². The van der Waals surface area contributed by atoms with Gasteiger partial charge in [-0.25, -0.2) is 0 Å². The number of halogens is 4. The minimum Gasteiger partial charge on any atom is -0.348 e. The van der Waals surface area contributed by atoms with E-state index in [0.29, 0.717) is 0 Å². The predicted octanol–water partition coefficient (Wildman–Crippen LogP) is 4.26. The third kappa shape index (κ3) is 6.61. The Balaban J connectivity index is 0.00000154. The van der Waals surface area contributed by atoms with Gasteiger partial charge in [0.1, 0.15) is 0 Å². The maximum Gasteiger partial charge on any atom is 0.471 e. The standard InChI is InChI=1S/C11H11BrF3NO.C2H6/c1-7(6-16-10(17)11(13,14)15)8-2-4-9(12)5-3-8;1-2/h2-5,7H,6H2,1H3,(H,16,17);1-2H3. The van der Waals surface area contributed by atoms with Crippen LogP contribution >= 0.6 is 15.9 Å². The zero-order chi connectivity index (χ0) is 15.1. The average molecular weight is 340 g/mol. The van der Waals surface area contributed by atoms with Crippen molar-refractivity contribution in [3.63, 3.8) is 0 Å². The largest absolute Gasteiger partial charge is 0.471 e. The lowest BCUT2D eigenvalue weighted by atomic mass is 10.0. The molecule has 0 heterocycles. The van der Waals surface area contributed by atoms with Crippen molar-refractivity contribution in [2.75, 3.05) is 6.54 Å². The molecule has 0 aliphatic rings. The van der Waals surface area contributed by atoms with Crippen LogP contribution in [0.5, 0.6) is 0 Å². The number of hydrogen-bond donors (Lipinski definition) is 1. The maximum atomic E-state index is 11.9. The highest BCUT2D eigenvalue weighted by atomic mass is 79.9. The molecule has 1 unspecified atom stereocenters. The minimum absolute atomic E-state index is 0.0417. The Kier molecular flexibility index (Phi) is 7.75.